The molecule has 1 fully saturated rings. The summed E-state index contributed by atoms with van der Waals surface area (Å²) < 4.78 is 22.9. The Morgan fingerprint density at radius 1 is 1.35 bits per heavy atom. The zero-order chi connectivity index (χ0) is 19.3. The van der Waals surface area contributed by atoms with Crippen LogP contribution in [0.4, 0.5) is 5.69 Å². The second-order valence-electron chi connectivity index (χ2n) is 5.96. The minimum Gasteiger partial charge on any atom is -0.343 e. The van der Waals surface area contributed by atoms with Gasteiger partial charge in [-0.3, -0.25) is 19.7 Å². The summed E-state index contributed by atoms with van der Waals surface area (Å²) in [5, 5.41) is 13.0. The standard InChI is InChI=1S/C16H19N3O6S/c1-18(14-8-9-26(24,25)11-14)16(21)10-17-15(20)7-4-12-2-5-13(6-3-12)19(22)23/h2-7,14H,8-11H2,1H3,(H,17,20)/b7-4+. The fourth-order valence-electron chi connectivity index (χ4n) is 2.51. The highest BCUT2D eigenvalue weighted by molar-refractivity contribution is 7.91. The van der Waals surface area contributed by atoms with E-state index in [1.54, 1.807) is 0 Å². The molecule has 2 amide bonds. The van der Waals surface area contributed by atoms with Gasteiger partial charge in [0.15, 0.2) is 9.84 Å². The molecule has 1 heterocycles. The van der Waals surface area contributed by atoms with Crippen LogP contribution in [0.2, 0.25) is 0 Å². The maximum absolute atomic E-state index is 12.0. The van der Waals surface area contributed by atoms with Gasteiger partial charge in [0.05, 0.1) is 23.0 Å². The number of nitrogens with zero attached hydrogens (tertiary/aromatic N) is 2. The fourth-order valence-corrected chi connectivity index (χ4v) is 4.28. The maximum Gasteiger partial charge on any atom is 0.269 e. The first kappa shape index (κ1) is 19.6. The van der Waals surface area contributed by atoms with Crippen molar-refractivity contribution in [1.29, 1.82) is 0 Å². The number of nitrogens with one attached hydrogen (secondary N) is 1. The SMILES string of the molecule is CN(C(=O)CNC(=O)/C=C/c1ccc([N+](=O)[O-])cc1)C1CCS(=O)(=O)C1. The summed E-state index contributed by atoms with van der Waals surface area (Å²) in [6.45, 7) is -0.240. The van der Waals surface area contributed by atoms with Gasteiger partial charge < -0.3 is 10.2 Å². The Morgan fingerprint density at radius 2 is 2.00 bits per heavy atom. The molecule has 0 aliphatic carbocycles. The maximum atomic E-state index is 12.0. The number of carbonyl (C=O) groups is 2. The summed E-state index contributed by atoms with van der Waals surface area (Å²) in [4.78, 5) is 35.2. The van der Waals surface area contributed by atoms with Crippen LogP contribution in [-0.4, -0.2) is 61.2 Å². The average molecular weight is 381 g/mol. The summed E-state index contributed by atoms with van der Waals surface area (Å²) in [6.07, 6.45) is 3.09. The Balaban J connectivity index is 1.82. The Hall–Kier alpha value is -2.75. The van der Waals surface area contributed by atoms with Gasteiger partial charge in [-0.25, -0.2) is 8.42 Å². The molecule has 0 spiro atoms. The molecule has 1 aromatic carbocycles. The van der Waals surface area contributed by atoms with Gasteiger partial charge in [0.1, 0.15) is 0 Å². The summed E-state index contributed by atoms with van der Waals surface area (Å²) >= 11 is 0. The molecule has 9 nitrogen and oxygen atoms in total. The highest BCUT2D eigenvalue weighted by atomic mass is 32.2. The molecule has 2 rings (SSSR count). The van der Waals surface area contributed by atoms with Crippen molar-refractivity contribution < 1.29 is 22.9 Å². The van der Waals surface area contributed by atoms with E-state index in [1.807, 2.05) is 0 Å². The molecule has 10 heteroatoms. The predicted molar refractivity (Wildman–Crippen MR) is 95.0 cm³/mol. The van der Waals surface area contributed by atoms with Crippen molar-refractivity contribution in [3.63, 3.8) is 0 Å². The molecule has 0 bridgehead atoms. The number of likely N-dealkylation sites (N-methyl/N-ethyl adjacent to an activating group) is 1. The van der Waals surface area contributed by atoms with Gasteiger partial charge in [-0.15, -0.1) is 0 Å². The number of non-ortho nitro benzene ring substituents is 1. The molecule has 1 saturated heterocycles. The van der Waals surface area contributed by atoms with Crippen molar-refractivity contribution >= 4 is 33.4 Å². The van der Waals surface area contributed by atoms with Crippen molar-refractivity contribution in [2.45, 2.75) is 12.5 Å². The number of hydrogen-bond acceptors (Lipinski definition) is 6. The van der Waals surface area contributed by atoms with Gasteiger partial charge >= 0.3 is 0 Å². The van der Waals surface area contributed by atoms with Crippen molar-refractivity contribution in [2.24, 2.45) is 0 Å². The smallest absolute Gasteiger partial charge is 0.269 e. The van der Waals surface area contributed by atoms with Gasteiger partial charge in [-0.05, 0) is 30.2 Å². The molecule has 1 aliphatic heterocycles. The van der Waals surface area contributed by atoms with E-state index in [0.717, 1.165) is 0 Å². The van der Waals surface area contributed by atoms with E-state index in [-0.39, 0.29) is 35.7 Å². The first-order valence-corrected chi connectivity index (χ1v) is 9.66. The highest BCUT2D eigenvalue weighted by Gasteiger charge is 2.32. The molecule has 0 aromatic heterocycles. The van der Waals surface area contributed by atoms with Crippen molar-refractivity contribution in [1.82, 2.24) is 10.2 Å². The normalized spacial score (nSPS) is 18.6. The third-order valence-corrected chi connectivity index (χ3v) is 5.84. The van der Waals surface area contributed by atoms with E-state index in [4.69, 9.17) is 0 Å². The van der Waals surface area contributed by atoms with Crippen LogP contribution in [-0.2, 0) is 19.4 Å². The Bertz CT molecular complexity index is 832. The molecular weight excluding hydrogens is 362 g/mol. The minimum atomic E-state index is -3.09. The second kappa shape index (κ2) is 8.09. The zero-order valence-corrected chi connectivity index (χ0v) is 14.9. The van der Waals surface area contributed by atoms with Crippen LogP contribution in [0, 0.1) is 10.1 Å². The number of benzene rings is 1. The van der Waals surface area contributed by atoms with E-state index < -0.39 is 20.7 Å². The highest BCUT2D eigenvalue weighted by Crippen LogP contribution is 2.16. The summed E-state index contributed by atoms with van der Waals surface area (Å²) in [7, 11) is -1.57. The van der Waals surface area contributed by atoms with Crippen molar-refractivity contribution in [3.05, 3.63) is 46.0 Å². The largest absolute Gasteiger partial charge is 0.343 e. The number of rotatable bonds is 6. The molecule has 1 unspecified atom stereocenters. The lowest BCUT2D eigenvalue weighted by Crippen LogP contribution is -2.43. The van der Waals surface area contributed by atoms with Gasteiger partial charge in [0, 0.05) is 31.3 Å². The Labute approximate surface area is 150 Å². The Morgan fingerprint density at radius 3 is 2.54 bits per heavy atom. The summed E-state index contributed by atoms with van der Waals surface area (Å²) in [5.41, 5.74) is 0.555. The molecule has 1 aliphatic rings. The lowest BCUT2D eigenvalue weighted by atomic mass is 10.2. The summed E-state index contributed by atoms with van der Waals surface area (Å²) in [5.74, 6) is -0.851. The van der Waals surface area contributed by atoms with E-state index >= 15 is 0 Å². The fraction of sp³-hybridized carbons (Fsp3) is 0.375. The van der Waals surface area contributed by atoms with E-state index in [9.17, 15) is 28.1 Å². The molecule has 0 radical (unpaired) electrons. The number of nitro groups is 1. The monoisotopic (exact) mass is 381 g/mol. The zero-order valence-electron chi connectivity index (χ0n) is 14.1. The minimum absolute atomic E-state index is 0.0471. The quantitative estimate of drug-likeness (QED) is 0.431. The lowest BCUT2D eigenvalue weighted by Gasteiger charge is -2.23. The van der Waals surface area contributed by atoms with Crippen LogP contribution in [0.1, 0.15) is 12.0 Å². The van der Waals surface area contributed by atoms with Gasteiger partial charge in [0.25, 0.3) is 5.69 Å². The van der Waals surface area contributed by atoms with E-state index in [0.29, 0.717) is 12.0 Å². The number of hydrogen-bond donors (Lipinski definition) is 1. The van der Waals surface area contributed by atoms with E-state index in [2.05, 4.69) is 5.32 Å². The Kier molecular flexibility index (Phi) is 6.09. The number of sulfone groups is 1. The molecule has 0 saturated carbocycles. The van der Waals surface area contributed by atoms with Crippen LogP contribution in [0.25, 0.3) is 6.08 Å². The van der Waals surface area contributed by atoms with Crippen LogP contribution in [0.3, 0.4) is 0 Å². The molecule has 140 valence electrons. The molecular formula is C16H19N3O6S. The van der Waals surface area contributed by atoms with Crippen molar-refractivity contribution in [2.75, 3.05) is 25.1 Å². The third kappa shape index (κ3) is 5.38. The lowest BCUT2D eigenvalue weighted by molar-refractivity contribution is -0.384. The van der Waals surface area contributed by atoms with Gasteiger partial charge in [0.2, 0.25) is 11.8 Å². The van der Waals surface area contributed by atoms with Crippen LogP contribution >= 0.6 is 0 Å². The van der Waals surface area contributed by atoms with Gasteiger partial charge in [-0.1, -0.05) is 0 Å². The van der Waals surface area contributed by atoms with Crippen LogP contribution in [0.5, 0.6) is 0 Å². The van der Waals surface area contributed by atoms with Crippen LogP contribution < -0.4 is 5.32 Å². The first-order chi connectivity index (χ1) is 12.2. The first-order valence-electron chi connectivity index (χ1n) is 7.84. The van der Waals surface area contributed by atoms with Gasteiger partial charge in [-0.2, -0.15) is 0 Å². The van der Waals surface area contributed by atoms with Crippen LogP contribution in [0.15, 0.2) is 30.3 Å². The molecule has 26 heavy (non-hydrogen) atoms. The predicted octanol–water partition coefficient (Wildman–Crippen LogP) is 0.370. The number of carbonyl (C=O) groups excluding carboxylic acids is 2. The second-order valence-corrected chi connectivity index (χ2v) is 8.19. The average Bonchev–Trinajstić information content (AvgIpc) is 2.97. The number of amides is 2. The molecule has 1 N–H and O–H groups in total. The number of nitro benzene ring substituents is 1. The van der Waals surface area contributed by atoms with E-state index in [1.165, 1.54) is 48.4 Å². The molecule has 1 atom stereocenters. The summed E-state index contributed by atoms with van der Waals surface area (Å²) in [6, 6.07) is 5.29. The molecule has 1 aromatic rings. The van der Waals surface area contributed by atoms with Crippen molar-refractivity contribution in [3.8, 4) is 0 Å². The topological polar surface area (TPSA) is 127 Å². The third-order valence-electron chi connectivity index (χ3n) is 4.09.